The van der Waals surface area contributed by atoms with Gasteiger partial charge in [0.25, 0.3) is 5.69 Å². The van der Waals surface area contributed by atoms with E-state index in [9.17, 15) is 23.3 Å². The Balaban J connectivity index is 1.71. The first-order chi connectivity index (χ1) is 14.7. The van der Waals surface area contributed by atoms with Crippen LogP contribution in [0.2, 0.25) is 0 Å². The van der Waals surface area contributed by atoms with Crippen molar-refractivity contribution in [2.24, 2.45) is 0 Å². The minimum Gasteiger partial charge on any atom is -0.258 e. The lowest BCUT2D eigenvalue weighted by molar-refractivity contribution is -0.384. The summed E-state index contributed by atoms with van der Waals surface area (Å²) in [6.07, 6.45) is 2.60. The molecule has 0 spiro atoms. The maximum Gasteiger partial charge on any atom is 0.351 e. The summed E-state index contributed by atoms with van der Waals surface area (Å²) in [5.41, 5.74) is 0.354. The molecule has 0 aliphatic carbocycles. The van der Waals surface area contributed by atoms with Gasteiger partial charge in [-0.2, -0.15) is 5.10 Å². The molecule has 0 amide bonds. The van der Waals surface area contributed by atoms with Crippen LogP contribution in [0.1, 0.15) is 30.1 Å². The van der Waals surface area contributed by atoms with E-state index in [2.05, 4.69) is 5.10 Å². The summed E-state index contributed by atoms with van der Waals surface area (Å²) in [5.74, 6) is 0.319. The van der Waals surface area contributed by atoms with E-state index in [-0.39, 0.29) is 30.4 Å². The first-order valence-corrected chi connectivity index (χ1v) is 12.4. The molecule has 1 saturated heterocycles. The topological polar surface area (TPSA) is 120 Å². The number of benzene rings is 1. The lowest BCUT2D eigenvalue weighted by Crippen LogP contribution is -2.39. The smallest absolute Gasteiger partial charge is 0.258 e. The molecular formula is C19H21N5O5S2. The van der Waals surface area contributed by atoms with Gasteiger partial charge in [-0.3, -0.25) is 10.1 Å². The molecule has 1 unspecified atom stereocenters. The fourth-order valence-electron chi connectivity index (χ4n) is 3.75. The summed E-state index contributed by atoms with van der Waals surface area (Å²) >= 11 is 1.40. The van der Waals surface area contributed by atoms with E-state index < -0.39 is 14.9 Å². The Hall–Kier alpha value is -2.83. The first-order valence-electron chi connectivity index (χ1n) is 9.66. The highest BCUT2D eigenvalue weighted by atomic mass is 32.2. The highest BCUT2D eigenvalue weighted by Gasteiger charge is 2.31. The largest absolute Gasteiger partial charge is 0.351 e. The van der Waals surface area contributed by atoms with Crippen LogP contribution in [-0.2, 0) is 16.6 Å². The molecule has 0 saturated carbocycles. The van der Waals surface area contributed by atoms with Crippen molar-refractivity contribution in [3.63, 3.8) is 0 Å². The molecule has 0 N–H and O–H groups in total. The summed E-state index contributed by atoms with van der Waals surface area (Å²) in [6.45, 7) is 0.894. The van der Waals surface area contributed by atoms with Crippen molar-refractivity contribution in [1.29, 1.82) is 0 Å². The third-order valence-corrected chi connectivity index (χ3v) is 7.41. The number of hydrogen-bond donors (Lipinski definition) is 0. The zero-order valence-electron chi connectivity index (χ0n) is 16.7. The second-order valence-corrected chi connectivity index (χ2v) is 10.4. The summed E-state index contributed by atoms with van der Waals surface area (Å²) in [6, 6.07) is 9.64. The molecule has 1 fully saturated rings. The molecule has 31 heavy (non-hydrogen) atoms. The molecule has 10 nitrogen and oxygen atoms in total. The van der Waals surface area contributed by atoms with Crippen molar-refractivity contribution < 1.29 is 13.3 Å². The predicted octanol–water partition coefficient (Wildman–Crippen LogP) is 2.19. The molecule has 1 aliphatic rings. The highest BCUT2D eigenvalue weighted by Crippen LogP contribution is 2.29. The van der Waals surface area contributed by atoms with Gasteiger partial charge >= 0.3 is 5.69 Å². The Morgan fingerprint density at radius 1 is 1.26 bits per heavy atom. The predicted molar refractivity (Wildman–Crippen MR) is 116 cm³/mol. The lowest BCUT2D eigenvalue weighted by atomic mass is 9.99. The number of hydrogen-bond acceptors (Lipinski definition) is 7. The van der Waals surface area contributed by atoms with Gasteiger partial charge in [0.15, 0.2) is 0 Å². The van der Waals surface area contributed by atoms with Crippen LogP contribution in [0.4, 0.5) is 5.69 Å². The molecule has 1 aromatic carbocycles. The lowest BCUT2D eigenvalue weighted by Gasteiger charge is -2.30. The number of nitro groups is 1. The summed E-state index contributed by atoms with van der Waals surface area (Å²) in [4.78, 5) is 23.6. The normalized spacial score (nSPS) is 17.6. The maximum atomic E-state index is 13.2. The third-order valence-electron chi connectivity index (χ3n) is 5.29. The van der Waals surface area contributed by atoms with Gasteiger partial charge in [-0.1, -0.05) is 12.1 Å². The Morgan fingerprint density at radius 2 is 2.00 bits per heavy atom. The molecule has 1 aliphatic heterocycles. The Bertz CT molecular complexity index is 1250. The zero-order chi connectivity index (χ0) is 22.2. The van der Waals surface area contributed by atoms with Crippen LogP contribution in [0.5, 0.6) is 0 Å². The Morgan fingerprint density at radius 3 is 2.61 bits per heavy atom. The number of rotatable bonds is 6. The zero-order valence-corrected chi connectivity index (χ0v) is 18.4. The van der Waals surface area contributed by atoms with E-state index in [1.807, 2.05) is 17.5 Å². The summed E-state index contributed by atoms with van der Waals surface area (Å²) < 4.78 is 28.4. The monoisotopic (exact) mass is 463 g/mol. The minimum atomic E-state index is -3.34. The van der Waals surface area contributed by atoms with E-state index >= 15 is 0 Å². The number of nitro benzene ring substituents is 1. The van der Waals surface area contributed by atoms with Crippen LogP contribution >= 0.6 is 11.3 Å². The van der Waals surface area contributed by atoms with Gasteiger partial charge in [0.05, 0.1) is 17.7 Å². The maximum absolute atomic E-state index is 13.2. The molecule has 1 atom stereocenters. The highest BCUT2D eigenvalue weighted by molar-refractivity contribution is 7.88. The minimum absolute atomic E-state index is 0.0241. The van der Waals surface area contributed by atoms with Crippen molar-refractivity contribution in [3.8, 4) is 5.00 Å². The molecule has 12 heteroatoms. The van der Waals surface area contributed by atoms with Gasteiger partial charge < -0.3 is 0 Å². The molecule has 3 aromatic rings. The fraction of sp³-hybridized carbons (Fsp3) is 0.368. The van der Waals surface area contributed by atoms with E-state index in [1.54, 1.807) is 16.7 Å². The molecule has 3 heterocycles. The molecule has 2 aromatic heterocycles. The molecule has 4 rings (SSSR count). The number of non-ortho nitro benzene ring substituents is 1. The van der Waals surface area contributed by atoms with E-state index in [1.165, 1.54) is 38.7 Å². The van der Waals surface area contributed by atoms with Crippen molar-refractivity contribution >= 4 is 27.0 Å². The van der Waals surface area contributed by atoms with Gasteiger partial charge in [-0.25, -0.2) is 26.8 Å². The van der Waals surface area contributed by atoms with Crippen LogP contribution < -0.4 is 5.69 Å². The molecule has 0 bridgehead atoms. The Kier molecular flexibility index (Phi) is 5.77. The number of nitrogens with zero attached hydrogens (tertiary/aromatic N) is 5. The van der Waals surface area contributed by atoms with E-state index in [0.717, 1.165) is 6.42 Å². The van der Waals surface area contributed by atoms with E-state index in [4.69, 9.17) is 0 Å². The third kappa shape index (κ3) is 4.45. The molecule has 164 valence electrons. The van der Waals surface area contributed by atoms with Crippen LogP contribution in [0.25, 0.3) is 5.00 Å². The van der Waals surface area contributed by atoms with E-state index in [0.29, 0.717) is 29.4 Å². The number of piperidine rings is 1. The van der Waals surface area contributed by atoms with Gasteiger partial charge in [0.1, 0.15) is 10.8 Å². The SMILES string of the molecule is CS(=O)(=O)N1CCCC(c2nn(Cc3ccc([N+](=O)[O-])cc3)c(=O)n2-c2cccs2)C1. The summed E-state index contributed by atoms with van der Waals surface area (Å²) in [5, 5.41) is 18.0. The van der Waals surface area contributed by atoms with Crippen LogP contribution in [0.3, 0.4) is 0 Å². The van der Waals surface area contributed by atoms with Crippen LogP contribution in [-0.4, -0.2) is 51.3 Å². The van der Waals surface area contributed by atoms with Gasteiger partial charge in [-0.15, -0.1) is 11.3 Å². The quantitative estimate of drug-likeness (QED) is 0.408. The van der Waals surface area contributed by atoms with Gasteiger partial charge in [0.2, 0.25) is 10.0 Å². The second kappa shape index (κ2) is 8.36. The standard InChI is InChI=1S/C19H21N5O5S2/c1-31(28,29)21-10-2-4-15(13-21)18-20-22(19(25)23(18)17-5-3-11-30-17)12-14-6-8-16(9-7-14)24(26)27/h3,5-9,11,15H,2,4,10,12-13H2,1H3. The van der Waals surface area contributed by atoms with Gasteiger partial charge in [0, 0.05) is 31.1 Å². The first kappa shape index (κ1) is 21.4. The van der Waals surface area contributed by atoms with Crippen molar-refractivity contribution in [2.45, 2.75) is 25.3 Å². The van der Waals surface area contributed by atoms with Gasteiger partial charge in [-0.05, 0) is 35.9 Å². The van der Waals surface area contributed by atoms with Crippen molar-refractivity contribution in [1.82, 2.24) is 18.7 Å². The average molecular weight is 464 g/mol. The number of aromatic nitrogens is 3. The van der Waals surface area contributed by atoms with Crippen molar-refractivity contribution in [3.05, 3.63) is 73.8 Å². The Labute approximate surface area is 182 Å². The molecular weight excluding hydrogens is 442 g/mol. The van der Waals surface area contributed by atoms with Crippen LogP contribution in [0, 0.1) is 10.1 Å². The number of thiophene rings is 1. The van der Waals surface area contributed by atoms with Crippen LogP contribution in [0.15, 0.2) is 46.6 Å². The summed E-state index contributed by atoms with van der Waals surface area (Å²) in [7, 11) is -3.34. The van der Waals surface area contributed by atoms with Crippen molar-refractivity contribution in [2.75, 3.05) is 19.3 Å². The number of sulfonamides is 1. The molecule has 0 radical (unpaired) electrons. The second-order valence-electron chi connectivity index (χ2n) is 7.47. The fourth-order valence-corrected chi connectivity index (χ4v) is 5.39. The average Bonchev–Trinajstić information content (AvgIpc) is 3.36.